The Balaban J connectivity index is 2.19. The van der Waals surface area contributed by atoms with Crippen LogP contribution in [0.15, 0.2) is 34.6 Å². The van der Waals surface area contributed by atoms with Crippen LogP contribution in [0, 0.1) is 5.92 Å². The van der Waals surface area contributed by atoms with Crippen molar-refractivity contribution in [1.29, 1.82) is 0 Å². The molecule has 2 aliphatic rings. The van der Waals surface area contributed by atoms with Crippen molar-refractivity contribution in [3.8, 4) is 0 Å². The summed E-state index contributed by atoms with van der Waals surface area (Å²) in [4.78, 5) is 0. The predicted octanol–water partition coefficient (Wildman–Crippen LogP) is 4.90. The maximum atomic E-state index is 10.7. The van der Waals surface area contributed by atoms with E-state index in [4.69, 9.17) is 4.74 Å². The van der Waals surface area contributed by atoms with Crippen molar-refractivity contribution in [3.05, 3.63) is 34.6 Å². The van der Waals surface area contributed by atoms with Crippen LogP contribution in [0.2, 0.25) is 0 Å². The largest absolute Gasteiger partial charge is 0.491 e. The van der Waals surface area contributed by atoms with E-state index in [0.29, 0.717) is 0 Å². The Hall–Kier alpha value is -1.02. The molecule has 0 aromatic rings. The molecule has 3 atom stereocenters. The van der Waals surface area contributed by atoms with Gasteiger partial charge in [0.2, 0.25) is 0 Å². The van der Waals surface area contributed by atoms with Gasteiger partial charge in [0, 0.05) is 5.92 Å². The third kappa shape index (κ3) is 3.42. The van der Waals surface area contributed by atoms with Crippen molar-refractivity contribution in [2.75, 3.05) is 0 Å². The number of rotatable bonds is 3. The molecule has 3 unspecified atom stereocenters. The summed E-state index contributed by atoms with van der Waals surface area (Å²) in [5, 5.41) is 10.7. The minimum absolute atomic E-state index is 0.104. The molecule has 2 heteroatoms. The van der Waals surface area contributed by atoms with Crippen LogP contribution < -0.4 is 0 Å². The Bertz CT molecular complexity index is 504. The van der Waals surface area contributed by atoms with Gasteiger partial charge in [-0.05, 0) is 84.4 Å². The first kappa shape index (κ1) is 16.4. The highest BCUT2D eigenvalue weighted by atomic mass is 16.5. The number of allylic oxidation sites excluding steroid dienone is 4. The summed E-state index contributed by atoms with van der Waals surface area (Å²) in [5.41, 5.74) is 2.83. The summed E-state index contributed by atoms with van der Waals surface area (Å²) < 4.78 is 6.43. The van der Waals surface area contributed by atoms with Gasteiger partial charge in [0.05, 0.1) is 5.60 Å². The third-order valence-corrected chi connectivity index (χ3v) is 5.04. The van der Waals surface area contributed by atoms with Gasteiger partial charge >= 0.3 is 0 Å². The fourth-order valence-electron chi connectivity index (χ4n) is 3.55. The van der Waals surface area contributed by atoms with E-state index in [1.54, 1.807) is 0 Å². The van der Waals surface area contributed by atoms with Crippen LogP contribution in [0.1, 0.15) is 67.2 Å². The van der Waals surface area contributed by atoms with E-state index in [1.807, 2.05) is 13.0 Å². The summed E-state index contributed by atoms with van der Waals surface area (Å²) in [6.45, 7) is 12.6. The zero-order valence-corrected chi connectivity index (χ0v) is 14.4. The molecule has 0 radical (unpaired) electrons. The summed E-state index contributed by atoms with van der Waals surface area (Å²) in [6, 6.07) is 0. The summed E-state index contributed by atoms with van der Waals surface area (Å²) in [5.74, 6) is 1.13. The van der Waals surface area contributed by atoms with Gasteiger partial charge in [0.15, 0.2) is 0 Å². The minimum Gasteiger partial charge on any atom is -0.491 e. The zero-order valence-electron chi connectivity index (χ0n) is 14.4. The minimum atomic E-state index is -0.778. The molecular weight excluding hydrogens is 260 g/mol. The molecule has 1 aliphatic heterocycles. The van der Waals surface area contributed by atoms with Gasteiger partial charge < -0.3 is 9.84 Å². The first-order valence-electron chi connectivity index (χ1n) is 8.10. The van der Waals surface area contributed by atoms with Crippen molar-refractivity contribution < 1.29 is 9.84 Å². The third-order valence-electron chi connectivity index (χ3n) is 5.04. The quantitative estimate of drug-likeness (QED) is 0.749. The number of aliphatic hydroxyl groups is 1. The predicted molar refractivity (Wildman–Crippen MR) is 88.0 cm³/mol. The van der Waals surface area contributed by atoms with Crippen molar-refractivity contribution in [1.82, 2.24) is 0 Å². The number of hydrogen-bond donors (Lipinski definition) is 1. The molecule has 1 saturated heterocycles. The van der Waals surface area contributed by atoms with Crippen LogP contribution in [-0.2, 0) is 4.74 Å². The summed E-state index contributed by atoms with van der Waals surface area (Å²) in [7, 11) is 0. The molecule has 0 amide bonds. The van der Waals surface area contributed by atoms with E-state index < -0.39 is 5.60 Å². The van der Waals surface area contributed by atoms with Crippen LogP contribution in [0.3, 0.4) is 0 Å². The average Bonchev–Trinajstić information content (AvgIpc) is 2.34. The SMILES string of the molecule is CC(C)=CCCC1(C)CCC2C(=C(C)C(C)=CC2(C)O)O1. The second-order valence-corrected chi connectivity index (χ2v) is 7.51. The van der Waals surface area contributed by atoms with E-state index in [2.05, 4.69) is 40.7 Å². The van der Waals surface area contributed by atoms with Crippen molar-refractivity contribution in [3.63, 3.8) is 0 Å². The highest BCUT2D eigenvalue weighted by Crippen LogP contribution is 2.47. The monoisotopic (exact) mass is 290 g/mol. The van der Waals surface area contributed by atoms with Crippen LogP contribution in [0.4, 0.5) is 0 Å². The van der Waals surface area contributed by atoms with Crippen molar-refractivity contribution in [2.45, 2.75) is 78.4 Å². The normalized spacial score (nSPS) is 35.8. The Morgan fingerprint density at radius 2 is 2.05 bits per heavy atom. The number of ether oxygens (including phenoxy) is 1. The standard InChI is InChI=1S/C19H30O2/c1-13(2)8-7-10-18(5)11-9-16-17(21-18)15(4)14(3)12-19(16,6)20/h8,12,16,20H,7,9-11H2,1-6H3. The van der Waals surface area contributed by atoms with Gasteiger partial charge in [-0.25, -0.2) is 0 Å². The van der Waals surface area contributed by atoms with Crippen molar-refractivity contribution >= 4 is 0 Å². The molecule has 0 bridgehead atoms. The van der Waals surface area contributed by atoms with E-state index >= 15 is 0 Å². The van der Waals surface area contributed by atoms with E-state index in [0.717, 1.165) is 37.0 Å². The molecular formula is C19H30O2. The molecule has 21 heavy (non-hydrogen) atoms. The van der Waals surface area contributed by atoms with Crippen LogP contribution >= 0.6 is 0 Å². The molecule has 1 heterocycles. The van der Waals surface area contributed by atoms with E-state index in [-0.39, 0.29) is 11.5 Å². The maximum absolute atomic E-state index is 10.7. The van der Waals surface area contributed by atoms with Gasteiger partial charge in [0.1, 0.15) is 11.4 Å². The lowest BCUT2D eigenvalue weighted by atomic mass is 9.72. The number of hydrogen-bond acceptors (Lipinski definition) is 2. The second kappa shape index (κ2) is 5.64. The molecule has 0 aromatic heterocycles. The average molecular weight is 290 g/mol. The first-order valence-corrected chi connectivity index (χ1v) is 8.10. The first-order chi connectivity index (χ1) is 9.65. The number of fused-ring (bicyclic) bond motifs is 1. The second-order valence-electron chi connectivity index (χ2n) is 7.51. The fourth-order valence-corrected chi connectivity index (χ4v) is 3.55. The summed E-state index contributed by atoms with van der Waals surface area (Å²) >= 11 is 0. The van der Waals surface area contributed by atoms with E-state index in [1.165, 1.54) is 11.1 Å². The molecule has 1 fully saturated rings. The van der Waals surface area contributed by atoms with Crippen LogP contribution in [0.5, 0.6) is 0 Å². The molecule has 2 nitrogen and oxygen atoms in total. The van der Waals surface area contributed by atoms with Gasteiger partial charge in [-0.2, -0.15) is 0 Å². The van der Waals surface area contributed by atoms with E-state index in [9.17, 15) is 5.11 Å². The molecule has 0 spiro atoms. The highest BCUT2D eigenvalue weighted by molar-refractivity contribution is 5.40. The maximum Gasteiger partial charge on any atom is 0.106 e. The smallest absolute Gasteiger partial charge is 0.106 e. The van der Waals surface area contributed by atoms with Gasteiger partial charge in [-0.1, -0.05) is 11.6 Å². The molecule has 1 N–H and O–H groups in total. The lowest BCUT2D eigenvalue weighted by Gasteiger charge is -2.47. The van der Waals surface area contributed by atoms with Gasteiger partial charge in [-0.15, -0.1) is 0 Å². The molecule has 118 valence electrons. The Labute approximate surface area is 129 Å². The van der Waals surface area contributed by atoms with Crippen LogP contribution in [0.25, 0.3) is 0 Å². The topological polar surface area (TPSA) is 29.5 Å². The Kier molecular flexibility index (Phi) is 4.39. The molecule has 0 saturated carbocycles. The van der Waals surface area contributed by atoms with Crippen LogP contribution in [-0.4, -0.2) is 16.3 Å². The lowest BCUT2D eigenvalue weighted by Crippen LogP contribution is -2.45. The molecule has 2 rings (SSSR count). The molecule has 1 aliphatic carbocycles. The summed E-state index contributed by atoms with van der Waals surface area (Å²) in [6.07, 6.45) is 8.37. The van der Waals surface area contributed by atoms with Gasteiger partial charge in [-0.3, -0.25) is 0 Å². The lowest BCUT2D eigenvalue weighted by molar-refractivity contribution is -0.0841. The molecule has 0 aromatic carbocycles. The van der Waals surface area contributed by atoms with Gasteiger partial charge in [0.25, 0.3) is 0 Å². The highest BCUT2D eigenvalue weighted by Gasteiger charge is 2.45. The van der Waals surface area contributed by atoms with Crippen molar-refractivity contribution in [2.24, 2.45) is 5.92 Å². The Morgan fingerprint density at radius 1 is 1.38 bits per heavy atom. The Morgan fingerprint density at radius 3 is 2.67 bits per heavy atom. The zero-order chi connectivity index (χ0) is 15.8. The fraction of sp³-hybridized carbons (Fsp3) is 0.684.